The van der Waals surface area contributed by atoms with Gasteiger partial charge in [0.2, 0.25) is 0 Å². The summed E-state index contributed by atoms with van der Waals surface area (Å²) in [6.07, 6.45) is 8.93. The van der Waals surface area contributed by atoms with Gasteiger partial charge in [0.15, 0.2) is 5.78 Å². The molecule has 0 aromatic carbocycles. The van der Waals surface area contributed by atoms with Crippen molar-refractivity contribution in [2.75, 3.05) is 0 Å². The van der Waals surface area contributed by atoms with Crippen LogP contribution < -0.4 is 0 Å². The summed E-state index contributed by atoms with van der Waals surface area (Å²) in [6, 6.07) is 1.76. The second-order valence-corrected chi connectivity index (χ2v) is 3.71. The van der Waals surface area contributed by atoms with Crippen molar-refractivity contribution >= 4 is 5.78 Å². The van der Waals surface area contributed by atoms with Crippen molar-refractivity contribution in [1.82, 2.24) is 0 Å². The van der Waals surface area contributed by atoms with Crippen LogP contribution in [0.25, 0.3) is 0 Å². The average molecular weight is 178 g/mol. The molecule has 2 heteroatoms. The van der Waals surface area contributed by atoms with Crippen LogP contribution in [0, 0.1) is 5.92 Å². The molecule has 2 rings (SSSR count). The summed E-state index contributed by atoms with van der Waals surface area (Å²) in [4.78, 5) is 11.8. The van der Waals surface area contributed by atoms with Crippen LogP contribution in [-0.2, 0) is 0 Å². The molecule has 1 aliphatic rings. The van der Waals surface area contributed by atoms with Crippen molar-refractivity contribution in [2.45, 2.75) is 32.1 Å². The van der Waals surface area contributed by atoms with E-state index in [1.807, 2.05) is 0 Å². The zero-order valence-electron chi connectivity index (χ0n) is 7.66. The first kappa shape index (κ1) is 8.54. The van der Waals surface area contributed by atoms with Crippen LogP contribution in [0.2, 0.25) is 0 Å². The molecule has 1 fully saturated rings. The lowest BCUT2D eigenvalue weighted by molar-refractivity contribution is 0.0889. The predicted octanol–water partition coefficient (Wildman–Crippen LogP) is 3.04. The Labute approximate surface area is 77.9 Å². The van der Waals surface area contributed by atoms with Crippen molar-refractivity contribution in [2.24, 2.45) is 5.92 Å². The number of carbonyl (C=O) groups excluding carboxylic acids is 1. The fourth-order valence-electron chi connectivity index (χ4n) is 2.01. The van der Waals surface area contributed by atoms with E-state index in [-0.39, 0.29) is 11.7 Å². The molecule has 0 radical (unpaired) electrons. The molecule has 70 valence electrons. The predicted molar refractivity (Wildman–Crippen MR) is 49.6 cm³/mol. The zero-order chi connectivity index (χ0) is 9.10. The molecule has 0 saturated heterocycles. The maximum atomic E-state index is 11.8. The molecule has 0 unspecified atom stereocenters. The molecule has 0 spiro atoms. The normalized spacial score (nSPS) is 18.8. The van der Waals surface area contributed by atoms with E-state index < -0.39 is 0 Å². The van der Waals surface area contributed by atoms with Crippen LogP contribution in [0.5, 0.6) is 0 Å². The summed E-state index contributed by atoms with van der Waals surface area (Å²) in [6.45, 7) is 0. The highest BCUT2D eigenvalue weighted by Crippen LogP contribution is 2.26. The minimum Gasteiger partial charge on any atom is -0.472 e. The average Bonchev–Trinajstić information content (AvgIpc) is 2.71. The van der Waals surface area contributed by atoms with Crippen LogP contribution in [-0.4, -0.2) is 5.78 Å². The number of hydrogen-bond acceptors (Lipinski definition) is 2. The highest BCUT2D eigenvalue weighted by Gasteiger charge is 2.22. The minimum absolute atomic E-state index is 0.256. The molecule has 1 aliphatic carbocycles. The van der Waals surface area contributed by atoms with Gasteiger partial charge < -0.3 is 4.42 Å². The summed E-state index contributed by atoms with van der Waals surface area (Å²) in [5.41, 5.74) is 0.743. The van der Waals surface area contributed by atoms with Gasteiger partial charge in [-0.15, -0.1) is 0 Å². The van der Waals surface area contributed by atoms with Crippen molar-refractivity contribution in [3.05, 3.63) is 24.2 Å². The Morgan fingerprint density at radius 2 is 2.08 bits per heavy atom. The number of furan rings is 1. The first-order valence-electron chi connectivity index (χ1n) is 4.94. The lowest BCUT2D eigenvalue weighted by Crippen LogP contribution is -2.17. The summed E-state index contributed by atoms with van der Waals surface area (Å²) < 4.78 is 4.91. The summed E-state index contributed by atoms with van der Waals surface area (Å²) in [5, 5.41) is 0. The van der Waals surface area contributed by atoms with E-state index in [2.05, 4.69) is 0 Å². The largest absolute Gasteiger partial charge is 0.472 e. The molecule has 1 aromatic rings. The molecule has 1 heterocycles. The molecule has 1 saturated carbocycles. The maximum absolute atomic E-state index is 11.8. The van der Waals surface area contributed by atoms with Gasteiger partial charge in [-0.25, -0.2) is 0 Å². The third-order valence-corrected chi connectivity index (χ3v) is 2.78. The second-order valence-electron chi connectivity index (χ2n) is 3.71. The first-order valence-corrected chi connectivity index (χ1v) is 4.94. The van der Waals surface area contributed by atoms with Crippen molar-refractivity contribution < 1.29 is 9.21 Å². The topological polar surface area (TPSA) is 30.2 Å². The highest BCUT2D eigenvalue weighted by atomic mass is 16.3. The van der Waals surface area contributed by atoms with E-state index in [0.717, 1.165) is 18.4 Å². The van der Waals surface area contributed by atoms with E-state index in [1.54, 1.807) is 18.6 Å². The Morgan fingerprint density at radius 1 is 1.31 bits per heavy atom. The van der Waals surface area contributed by atoms with Gasteiger partial charge in [-0.2, -0.15) is 0 Å². The monoisotopic (exact) mass is 178 g/mol. The molecule has 2 nitrogen and oxygen atoms in total. The third kappa shape index (κ3) is 1.82. The van der Waals surface area contributed by atoms with Gasteiger partial charge in [-0.1, -0.05) is 19.3 Å². The van der Waals surface area contributed by atoms with Gasteiger partial charge in [-0.3, -0.25) is 4.79 Å². The van der Waals surface area contributed by atoms with Crippen LogP contribution in [0.4, 0.5) is 0 Å². The summed E-state index contributed by atoms with van der Waals surface area (Å²) >= 11 is 0. The third-order valence-electron chi connectivity index (χ3n) is 2.78. The molecular weight excluding hydrogens is 164 g/mol. The Balaban J connectivity index is 2.04. The van der Waals surface area contributed by atoms with Crippen LogP contribution in [0.3, 0.4) is 0 Å². The van der Waals surface area contributed by atoms with E-state index in [0.29, 0.717) is 0 Å². The first-order chi connectivity index (χ1) is 6.38. The molecule has 0 amide bonds. The number of hydrogen-bond donors (Lipinski definition) is 0. The van der Waals surface area contributed by atoms with E-state index in [4.69, 9.17) is 4.42 Å². The van der Waals surface area contributed by atoms with Crippen molar-refractivity contribution in [3.8, 4) is 0 Å². The minimum atomic E-state index is 0.256. The van der Waals surface area contributed by atoms with Gasteiger partial charge in [0.1, 0.15) is 6.26 Å². The fraction of sp³-hybridized carbons (Fsp3) is 0.545. The SMILES string of the molecule is O=C(c1ccoc1)C1CCCCC1. The number of Topliss-reactive ketones (excluding diaryl/α,β-unsaturated/α-hetero) is 1. The van der Waals surface area contributed by atoms with Gasteiger partial charge in [-0.05, 0) is 18.9 Å². The van der Waals surface area contributed by atoms with E-state index in [1.165, 1.54) is 19.3 Å². The lowest BCUT2D eigenvalue weighted by Gasteiger charge is -2.19. The molecule has 13 heavy (non-hydrogen) atoms. The maximum Gasteiger partial charge on any atom is 0.169 e. The van der Waals surface area contributed by atoms with Gasteiger partial charge in [0.25, 0.3) is 0 Å². The van der Waals surface area contributed by atoms with Gasteiger partial charge >= 0.3 is 0 Å². The smallest absolute Gasteiger partial charge is 0.169 e. The van der Waals surface area contributed by atoms with Crippen molar-refractivity contribution in [1.29, 1.82) is 0 Å². The Hall–Kier alpha value is -1.05. The van der Waals surface area contributed by atoms with Gasteiger partial charge in [0, 0.05) is 5.92 Å². The molecular formula is C11H14O2. The number of rotatable bonds is 2. The summed E-state index contributed by atoms with van der Waals surface area (Å²) in [5.74, 6) is 0.528. The lowest BCUT2D eigenvalue weighted by atomic mass is 9.84. The molecule has 0 aliphatic heterocycles. The van der Waals surface area contributed by atoms with E-state index >= 15 is 0 Å². The fourth-order valence-corrected chi connectivity index (χ4v) is 2.01. The van der Waals surface area contributed by atoms with Gasteiger partial charge in [0.05, 0.1) is 11.8 Å². The van der Waals surface area contributed by atoms with Crippen molar-refractivity contribution in [3.63, 3.8) is 0 Å². The summed E-state index contributed by atoms with van der Waals surface area (Å²) in [7, 11) is 0. The number of ketones is 1. The quantitative estimate of drug-likeness (QED) is 0.651. The number of carbonyl (C=O) groups is 1. The Morgan fingerprint density at radius 3 is 2.69 bits per heavy atom. The molecule has 0 N–H and O–H groups in total. The van der Waals surface area contributed by atoms with Crippen LogP contribution in [0.1, 0.15) is 42.5 Å². The Bertz CT molecular complexity index is 268. The van der Waals surface area contributed by atoms with Crippen LogP contribution >= 0.6 is 0 Å². The highest BCUT2D eigenvalue weighted by molar-refractivity contribution is 5.97. The second kappa shape index (κ2) is 3.77. The molecule has 0 bridgehead atoms. The zero-order valence-corrected chi connectivity index (χ0v) is 7.66. The molecule has 0 atom stereocenters. The standard InChI is InChI=1S/C11H14O2/c12-11(10-6-7-13-8-10)9-4-2-1-3-5-9/h6-9H,1-5H2. The Kier molecular flexibility index (Phi) is 2.48. The van der Waals surface area contributed by atoms with Crippen LogP contribution in [0.15, 0.2) is 23.0 Å². The van der Waals surface area contributed by atoms with E-state index in [9.17, 15) is 4.79 Å². The molecule has 1 aromatic heterocycles.